The number of ether oxygens (including phenoxy) is 4. The van der Waals surface area contributed by atoms with Crippen molar-refractivity contribution < 1.29 is 28.5 Å². The van der Waals surface area contributed by atoms with Gasteiger partial charge in [-0.25, -0.2) is 0 Å². The summed E-state index contributed by atoms with van der Waals surface area (Å²) >= 11 is 0. The van der Waals surface area contributed by atoms with Crippen LogP contribution in [-0.4, -0.2) is 65.9 Å². The molecule has 2 N–H and O–H groups in total. The summed E-state index contributed by atoms with van der Waals surface area (Å²) in [6, 6.07) is 6.65. The molecule has 0 saturated heterocycles. The summed E-state index contributed by atoms with van der Waals surface area (Å²) in [4.78, 5) is 24.5. The summed E-state index contributed by atoms with van der Waals surface area (Å²) in [7, 11) is 6.32. The number of carbonyl (C=O) groups is 2. The number of carbonyl (C=O) groups excluding carboxylic acids is 2. The van der Waals surface area contributed by atoms with Crippen molar-refractivity contribution in [3.8, 4) is 0 Å². The lowest BCUT2D eigenvalue weighted by atomic mass is 10.1. The van der Waals surface area contributed by atoms with Gasteiger partial charge in [0.2, 0.25) is 0 Å². The molecule has 0 fully saturated rings. The molecule has 0 aromatic heterocycles. The average molecular weight is 396 g/mol. The smallest absolute Gasteiger partial charge is 0.251 e. The Balaban J connectivity index is 2.43. The van der Waals surface area contributed by atoms with Gasteiger partial charge in [-0.3, -0.25) is 9.59 Å². The number of hydrogen-bond acceptors (Lipinski definition) is 6. The maximum atomic E-state index is 12.3. The van der Waals surface area contributed by atoms with E-state index < -0.39 is 0 Å². The van der Waals surface area contributed by atoms with E-state index in [1.165, 1.54) is 0 Å². The van der Waals surface area contributed by atoms with E-state index in [0.29, 0.717) is 37.1 Å². The van der Waals surface area contributed by atoms with Crippen LogP contribution in [0.1, 0.15) is 46.4 Å². The molecule has 1 rings (SSSR count). The number of methoxy groups -OCH3 is 4. The van der Waals surface area contributed by atoms with Crippen molar-refractivity contribution >= 4 is 11.8 Å². The lowest BCUT2D eigenvalue weighted by Gasteiger charge is -2.13. The molecule has 28 heavy (non-hydrogen) atoms. The second-order valence-corrected chi connectivity index (χ2v) is 6.18. The molecular formula is C20H32N2O6. The van der Waals surface area contributed by atoms with Crippen molar-refractivity contribution in [2.75, 3.05) is 41.5 Å². The molecule has 0 heterocycles. The van der Waals surface area contributed by atoms with E-state index in [-0.39, 0.29) is 24.4 Å². The van der Waals surface area contributed by atoms with Gasteiger partial charge in [-0.2, -0.15) is 0 Å². The van der Waals surface area contributed by atoms with Crippen LogP contribution in [0.4, 0.5) is 0 Å². The maximum absolute atomic E-state index is 12.3. The van der Waals surface area contributed by atoms with Gasteiger partial charge in [-0.1, -0.05) is 6.07 Å². The van der Waals surface area contributed by atoms with Gasteiger partial charge in [-0.05, 0) is 31.0 Å². The number of hydrogen-bond donors (Lipinski definition) is 2. The molecule has 0 aliphatic carbocycles. The zero-order valence-corrected chi connectivity index (χ0v) is 17.2. The fraction of sp³-hybridized carbons (Fsp3) is 0.600. The van der Waals surface area contributed by atoms with Gasteiger partial charge < -0.3 is 29.6 Å². The van der Waals surface area contributed by atoms with Crippen molar-refractivity contribution in [3.05, 3.63) is 35.4 Å². The van der Waals surface area contributed by atoms with E-state index in [4.69, 9.17) is 18.9 Å². The summed E-state index contributed by atoms with van der Waals surface area (Å²) in [5.41, 5.74) is 0.892. The highest BCUT2D eigenvalue weighted by molar-refractivity contribution is 5.99. The SMILES string of the molecule is COC(CCCNC(=O)c1cccc(C(=O)NCCCC(OC)OC)c1)OC. The van der Waals surface area contributed by atoms with Gasteiger partial charge in [0, 0.05) is 65.5 Å². The summed E-state index contributed by atoms with van der Waals surface area (Å²) in [6.07, 6.45) is 2.27. The molecule has 0 spiro atoms. The molecule has 158 valence electrons. The Kier molecular flexibility index (Phi) is 12.1. The van der Waals surface area contributed by atoms with Gasteiger partial charge in [0.1, 0.15) is 0 Å². The van der Waals surface area contributed by atoms with Crippen molar-refractivity contribution in [1.82, 2.24) is 10.6 Å². The highest BCUT2D eigenvalue weighted by atomic mass is 16.7. The zero-order chi connectivity index (χ0) is 20.8. The quantitative estimate of drug-likeness (QED) is 0.369. The minimum absolute atomic E-state index is 0.218. The highest BCUT2D eigenvalue weighted by Gasteiger charge is 2.11. The standard InChI is InChI=1S/C20H32N2O6/c1-25-17(26-2)10-6-12-21-19(23)15-8-5-9-16(14-15)20(24)22-13-7-11-18(27-3)28-4/h5,8-9,14,17-18H,6-7,10-13H2,1-4H3,(H,21,23)(H,22,24). The molecular weight excluding hydrogens is 364 g/mol. The molecule has 0 radical (unpaired) electrons. The predicted molar refractivity (Wildman–Crippen MR) is 105 cm³/mol. The lowest BCUT2D eigenvalue weighted by Crippen LogP contribution is -2.28. The van der Waals surface area contributed by atoms with Crippen LogP contribution in [0.3, 0.4) is 0 Å². The van der Waals surface area contributed by atoms with Gasteiger partial charge in [0.25, 0.3) is 11.8 Å². The molecule has 8 nitrogen and oxygen atoms in total. The van der Waals surface area contributed by atoms with Crippen LogP contribution in [0.25, 0.3) is 0 Å². The summed E-state index contributed by atoms with van der Waals surface area (Å²) < 4.78 is 20.4. The second kappa shape index (κ2) is 14.1. The van der Waals surface area contributed by atoms with Gasteiger partial charge >= 0.3 is 0 Å². The first-order valence-corrected chi connectivity index (χ1v) is 9.33. The van der Waals surface area contributed by atoms with E-state index in [9.17, 15) is 9.59 Å². The Labute approximate surface area is 166 Å². The maximum Gasteiger partial charge on any atom is 0.251 e. The molecule has 2 amide bonds. The molecule has 0 atom stereocenters. The molecule has 0 unspecified atom stereocenters. The Morgan fingerprint density at radius 1 is 0.786 bits per heavy atom. The molecule has 0 aliphatic rings. The molecule has 0 aliphatic heterocycles. The summed E-state index contributed by atoms with van der Waals surface area (Å²) in [5, 5.41) is 5.67. The van der Waals surface area contributed by atoms with E-state index >= 15 is 0 Å². The third kappa shape index (κ3) is 8.79. The number of nitrogens with one attached hydrogen (secondary N) is 2. The van der Waals surface area contributed by atoms with Crippen molar-refractivity contribution in [2.24, 2.45) is 0 Å². The van der Waals surface area contributed by atoms with Crippen LogP contribution < -0.4 is 10.6 Å². The number of rotatable bonds is 14. The van der Waals surface area contributed by atoms with Crippen molar-refractivity contribution in [3.63, 3.8) is 0 Å². The van der Waals surface area contributed by atoms with Crippen molar-refractivity contribution in [1.29, 1.82) is 0 Å². The first kappa shape index (κ1) is 24.0. The van der Waals surface area contributed by atoms with E-state index in [1.54, 1.807) is 52.7 Å². The minimum Gasteiger partial charge on any atom is -0.356 e. The normalized spacial score (nSPS) is 11.1. The lowest BCUT2D eigenvalue weighted by molar-refractivity contribution is -0.106. The van der Waals surface area contributed by atoms with E-state index in [0.717, 1.165) is 12.8 Å². The Morgan fingerprint density at radius 3 is 1.54 bits per heavy atom. The fourth-order valence-corrected chi connectivity index (χ4v) is 2.61. The molecule has 1 aromatic rings. The minimum atomic E-state index is -0.271. The van der Waals surface area contributed by atoms with Gasteiger partial charge in [0.05, 0.1) is 0 Å². The Morgan fingerprint density at radius 2 is 1.18 bits per heavy atom. The second-order valence-electron chi connectivity index (χ2n) is 6.18. The molecule has 0 saturated carbocycles. The summed E-state index contributed by atoms with van der Waals surface area (Å²) in [5.74, 6) is -0.437. The van der Waals surface area contributed by atoms with Gasteiger partial charge in [-0.15, -0.1) is 0 Å². The average Bonchev–Trinajstić information content (AvgIpc) is 2.73. The van der Waals surface area contributed by atoms with Gasteiger partial charge in [0.15, 0.2) is 12.6 Å². The van der Waals surface area contributed by atoms with Crippen LogP contribution >= 0.6 is 0 Å². The first-order valence-electron chi connectivity index (χ1n) is 9.33. The third-order valence-electron chi connectivity index (χ3n) is 4.24. The Hall–Kier alpha value is -2.00. The number of amides is 2. The van der Waals surface area contributed by atoms with E-state index in [1.807, 2.05) is 0 Å². The topological polar surface area (TPSA) is 95.1 Å². The Bertz CT molecular complexity index is 541. The van der Waals surface area contributed by atoms with Crippen LogP contribution in [-0.2, 0) is 18.9 Å². The molecule has 1 aromatic carbocycles. The predicted octanol–water partition coefficient (Wildman–Crippen LogP) is 1.94. The van der Waals surface area contributed by atoms with Crippen LogP contribution in [0.2, 0.25) is 0 Å². The molecule has 0 bridgehead atoms. The molecule has 8 heteroatoms. The first-order chi connectivity index (χ1) is 13.5. The van der Waals surface area contributed by atoms with Crippen LogP contribution in [0, 0.1) is 0 Å². The number of benzene rings is 1. The highest BCUT2D eigenvalue weighted by Crippen LogP contribution is 2.07. The largest absolute Gasteiger partial charge is 0.356 e. The third-order valence-corrected chi connectivity index (χ3v) is 4.24. The van der Waals surface area contributed by atoms with Crippen LogP contribution in [0.15, 0.2) is 24.3 Å². The van der Waals surface area contributed by atoms with E-state index in [2.05, 4.69) is 10.6 Å². The van der Waals surface area contributed by atoms with Crippen molar-refractivity contribution in [2.45, 2.75) is 38.3 Å². The van der Waals surface area contributed by atoms with Crippen LogP contribution in [0.5, 0.6) is 0 Å². The summed E-state index contributed by atoms with van der Waals surface area (Å²) in [6.45, 7) is 0.997. The zero-order valence-electron chi connectivity index (χ0n) is 17.2. The monoisotopic (exact) mass is 396 g/mol. The fourth-order valence-electron chi connectivity index (χ4n) is 2.61.